The lowest BCUT2D eigenvalue weighted by Gasteiger charge is -2.35. The van der Waals surface area contributed by atoms with Crippen molar-refractivity contribution in [1.82, 2.24) is 10.2 Å². The van der Waals surface area contributed by atoms with E-state index in [1.807, 2.05) is 25.1 Å². The summed E-state index contributed by atoms with van der Waals surface area (Å²) in [5, 5.41) is 23.2. The van der Waals surface area contributed by atoms with Crippen LogP contribution in [-0.2, 0) is 33.6 Å². The van der Waals surface area contributed by atoms with Gasteiger partial charge in [-0.25, -0.2) is 9.18 Å². The Morgan fingerprint density at radius 1 is 1.08 bits per heavy atom. The number of phenols is 1. The van der Waals surface area contributed by atoms with Gasteiger partial charge < -0.3 is 39.4 Å². The minimum atomic E-state index is -1.08. The molecule has 2 unspecified atom stereocenters. The molecule has 0 saturated carbocycles. The minimum Gasteiger partial charge on any atom is -0.507 e. The third-order valence-corrected chi connectivity index (χ3v) is 8.68. The summed E-state index contributed by atoms with van der Waals surface area (Å²) in [7, 11) is 0. The van der Waals surface area contributed by atoms with Gasteiger partial charge in [-0.2, -0.15) is 0 Å². The van der Waals surface area contributed by atoms with Crippen LogP contribution in [0, 0.1) is 11.7 Å². The molecule has 282 valence electrons. The molecule has 1 aliphatic heterocycles. The fourth-order valence-electron chi connectivity index (χ4n) is 6.08. The van der Waals surface area contributed by atoms with Crippen molar-refractivity contribution in [2.45, 2.75) is 91.4 Å². The van der Waals surface area contributed by atoms with Crippen LogP contribution in [0.15, 0.2) is 48.5 Å². The van der Waals surface area contributed by atoms with Crippen molar-refractivity contribution in [2.24, 2.45) is 5.92 Å². The molecule has 1 heterocycles. The maximum Gasteiger partial charge on any atom is 0.407 e. The highest BCUT2D eigenvalue weighted by molar-refractivity contribution is 5.73. The van der Waals surface area contributed by atoms with Crippen LogP contribution in [0.2, 0.25) is 0 Å². The summed E-state index contributed by atoms with van der Waals surface area (Å²) in [4.78, 5) is 37.7. The first-order chi connectivity index (χ1) is 24.8. The van der Waals surface area contributed by atoms with Gasteiger partial charge in [0.15, 0.2) is 6.23 Å². The molecule has 12 heteroatoms. The van der Waals surface area contributed by atoms with Gasteiger partial charge in [0.2, 0.25) is 6.41 Å². The molecule has 0 fully saturated rings. The number of phenolic OH excluding ortho intramolecular Hbond substituents is 1. The number of aliphatic carboxylic acids is 1. The number of aromatic hydroxyl groups is 1. The highest BCUT2D eigenvalue weighted by Gasteiger charge is 2.31. The normalized spacial score (nSPS) is 14.4. The van der Waals surface area contributed by atoms with Crippen molar-refractivity contribution >= 4 is 18.5 Å². The van der Waals surface area contributed by atoms with Crippen LogP contribution in [0.3, 0.4) is 0 Å². The average Bonchev–Trinajstić information content (AvgIpc) is 3.10. The number of carbonyl (C=O) groups is 3. The monoisotopic (exact) mass is 722 g/mol. The number of nitrogens with zero attached hydrogens (tertiary/aromatic N) is 1. The Bertz CT molecular complexity index is 1670. The van der Waals surface area contributed by atoms with Gasteiger partial charge in [0, 0.05) is 43.1 Å². The summed E-state index contributed by atoms with van der Waals surface area (Å²) < 4.78 is 37.3. The lowest BCUT2D eigenvalue weighted by molar-refractivity contribution is -0.144. The number of alkyl carbamates (subject to hydrolysis) is 1. The smallest absolute Gasteiger partial charge is 0.407 e. The molecule has 2 atom stereocenters. The topological polar surface area (TPSA) is 144 Å². The fraction of sp³-hybridized carbons (Fsp3) is 0.475. The molecule has 3 N–H and O–H groups in total. The molecule has 0 spiro atoms. The average molecular weight is 723 g/mol. The number of carboxylic acids is 1. The largest absolute Gasteiger partial charge is 0.507 e. The second kappa shape index (κ2) is 18.5. The van der Waals surface area contributed by atoms with Crippen LogP contribution in [0.5, 0.6) is 23.0 Å². The summed E-state index contributed by atoms with van der Waals surface area (Å²) >= 11 is 0. The zero-order valence-electron chi connectivity index (χ0n) is 30.7. The molecule has 3 aromatic carbocycles. The molecule has 0 aliphatic carbocycles. The number of carboxylic acid groups (broad SMARTS) is 1. The Balaban J connectivity index is 1.36. The fourth-order valence-corrected chi connectivity index (χ4v) is 6.08. The third-order valence-electron chi connectivity index (χ3n) is 8.68. The van der Waals surface area contributed by atoms with E-state index in [9.17, 15) is 29.0 Å². The Kier molecular flexibility index (Phi) is 14.1. The molecule has 2 amide bonds. The predicted molar refractivity (Wildman–Crippen MR) is 194 cm³/mol. The number of amides is 2. The van der Waals surface area contributed by atoms with Crippen molar-refractivity contribution in [1.29, 1.82) is 0 Å². The van der Waals surface area contributed by atoms with E-state index in [0.717, 1.165) is 23.1 Å². The molecule has 3 aromatic rings. The Labute approximate surface area is 305 Å². The highest BCUT2D eigenvalue weighted by Crippen LogP contribution is 2.39. The number of rotatable bonds is 18. The second-order valence-corrected chi connectivity index (χ2v) is 13.8. The lowest BCUT2D eigenvalue weighted by Crippen LogP contribution is -2.45. The van der Waals surface area contributed by atoms with E-state index in [1.165, 1.54) is 17.0 Å². The summed E-state index contributed by atoms with van der Waals surface area (Å²) in [5.41, 5.74) is 3.45. The molecule has 0 aromatic heterocycles. The number of halogens is 1. The van der Waals surface area contributed by atoms with Gasteiger partial charge in [-0.3, -0.25) is 9.59 Å². The van der Waals surface area contributed by atoms with Crippen LogP contribution >= 0.6 is 0 Å². The molecule has 0 radical (unpaired) electrons. The van der Waals surface area contributed by atoms with Crippen molar-refractivity contribution in [3.05, 3.63) is 71.0 Å². The lowest BCUT2D eigenvalue weighted by atomic mass is 9.97. The summed E-state index contributed by atoms with van der Waals surface area (Å²) in [6, 6.07) is 13.3. The number of fused-ring (bicyclic) bond motifs is 1. The van der Waals surface area contributed by atoms with Gasteiger partial charge in [-0.05, 0) is 87.4 Å². The van der Waals surface area contributed by atoms with Crippen molar-refractivity contribution in [3.63, 3.8) is 0 Å². The van der Waals surface area contributed by atoms with Crippen LogP contribution in [0.1, 0.15) is 77.0 Å². The van der Waals surface area contributed by atoms with Crippen LogP contribution in [0.4, 0.5) is 9.18 Å². The van der Waals surface area contributed by atoms with Crippen molar-refractivity contribution in [2.75, 3.05) is 26.3 Å². The molecule has 52 heavy (non-hydrogen) atoms. The van der Waals surface area contributed by atoms with Gasteiger partial charge in [-0.15, -0.1) is 0 Å². The number of benzene rings is 3. The van der Waals surface area contributed by atoms with Gasteiger partial charge in [0.05, 0.1) is 19.1 Å². The number of nitrogens with one attached hydrogen (secondary N) is 1. The van der Waals surface area contributed by atoms with Gasteiger partial charge in [0.25, 0.3) is 0 Å². The summed E-state index contributed by atoms with van der Waals surface area (Å²) in [5.74, 6) is -0.395. The van der Waals surface area contributed by atoms with E-state index in [4.69, 9.17) is 18.9 Å². The van der Waals surface area contributed by atoms with Crippen molar-refractivity contribution < 1.29 is 47.9 Å². The van der Waals surface area contributed by atoms with Gasteiger partial charge in [-0.1, -0.05) is 38.5 Å². The van der Waals surface area contributed by atoms with E-state index in [2.05, 4.69) is 12.2 Å². The second-order valence-electron chi connectivity index (χ2n) is 13.8. The quantitative estimate of drug-likeness (QED) is 0.0911. The van der Waals surface area contributed by atoms with Gasteiger partial charge in [0.1, 0.15) is 34.4 Å². The number of hydrogen-bond acceptors (Lipinski definition) is 8. The molecule has 1 aliphatic rings. The number of hydrogen-bond donors (Lipinski definition) is 3. The minimum absolute atomic E-state index is 0.0495. The van der Waals surface area contributed by atoms with Crippen LogP contribution in [0.25, 0.3) is 11.1 Å². The standard InChI is InChI=1S/C40H51FN2O9/c1-6-9-31-34(49-20-8-21-50-35-23-33(45)32(22-26(35)7-2)27-10-14-30(41)15-11-27)16-12-28-13-17-36(51-37(28)31)43(25-44)24-29(38(46)47)18-19-42-39(48)52-40(3,4)5/h10-12,14-16,22-23,25,29,36,45H,6-9,13,17-21,24H2,1-5H3,(H,42,48)(H,46,47). The molecule has 0 saturated heterocycles. The Morgan fingerprint density at radius 2 is 1.79 bits per heavy atom. The zero-order valence-corrected chi connectivity index (χ0v) is 30.7. The number of carbonyl (C=O) groups excluding carboxylic acids is 2. The number of aryl methyl sites for hydroxylation is 2. The highest BCUT2D eigenvalue weighted by atomic mass is 19.1. The molecule has 11 nitrogen and oxygen atoms in total. The van der Waals surface area contributed by atoms with Crippen molar-refractivity contribution in [3.8, 4) is 34.1 Å². The van der Waals surface area contributed by atoms with Gasteiger partial charge >= 0.3 is 12.1 Å². The molecule has 4 rings (SSSR count). The molecular formula is C40H51FN2O9. The van der Waals surface area contributed by atoms with E-state index in [0.29, 0.717) is 80.1 Å². The zero-order chi connectivity index (χ0) is 37.8. The van der Waals surface area contributed by atoms with E-state index < -0.39 is 29.8 Å². The third kappa shape index (κ3) is 11.0. The predicted octanol–water partition coefficient (Wildman–Crippen LogP) is 7.29. The first-order valence-electron chi connectivity index (χ1n) is 17.9. The van der Waals surface area contributed by atoms with E-state index in [-0.39, 0.29) is 31.1 Å². The molecule has 0 bridgehead atoms. The van der Waals surface area contributed by atoms with Crippen LogP contribution < -0.4 is 19.5 Å². The van der Waals surface area contributed by atoms with E-state index >= 15 is 0 Å². The maximum absolute atomic E-state index is 13.4. The van der Waals surface area contributed by atoms with E-state index in [1.54, 1.807) is 39.0 Å². The molecular weight excluding hydrogens is 671 g/mol. The van der Waals surface area contributed by atoms with Crippen LogP contribution in [-0.4, -0.2) is 71.7 Å². The number of ether oxygens (including phenoxy) is 4. The SMILES string of the molecule is CCCc1c(OCCCOc2cc(O)c(-c3ccc(F)cc3)cc2CC)ccc2c1OC(N(C=O)CC(CCNC(=O)OC(C)(C)C)C(=O)O)CC2. The summed E-state index contributed by atoms with van der Waals surface area (Å²) in [6.07, 6.45) is 3.31. The summed E-state index contributed by atoms with van der Waals surface area (Å²) in [6.45, 7) is 9.97. The maximum atomic E-state index is 13.4. The first-order valence-corrected chi connectivity index (χ1v) is 17.9. The first kappa shape index (κ1) is 39.8. The Hall–Kier alpha value is -5.00. The Morgan fingerprint density at radius 3 is 2.42 bits per heavy atom.